The number of fused-ring (bicyclic) bond motifs is 1. The Hall–Kier alpha value is -1.54. The molecule has 2 unspecified atom stereocenters. The van der Waals surface area contributed by atoms with Gasteiger partial charge >= 0.3 is 0 Å². The van der Waals surface area contributed by atoms with Gasteiger partial charge in [-0.05, 0) is 60.5 Å². The Morgan fingerprint density at radius 3 is 2.27 bits per heavy atom. The molecule has 30 heavy (non-hydrogen) atoms. The molecule has 2 nitrogen and oxygen atoms in total. The van der Waals surface area contributed by atoms with E-state index in [-0.39, 0.29) is 6.29 Å². The SMILES string of the molecule is CC(C)CC(c1cccc2c(OC(C)OCCC3CCCCC3)cccc12)C(C)C. The fourth-order valence-corrected chi connectivity index (χ4v) is 5.09. The van der Waals surface area contributed by atoms with Crippen molar-refractivity contribution in [2.24, 2.45) is 17.8 Å². The van der Waals surface area contributed by atoms with Crippen LogP contribution in [0.1, 0.15) is 91.0 Å². The van der Waals surface area contributed by atoms with Gasteiger partial charge in [0.05, 0.1) is 6.61 Å². The molecular weight excluding hydrogens is 368 g/mol. The average Bonchev–Trinajstić information content (AvgIpc) is 2.72. The molecule has 1 aliphatic rings. The smallest absolute Gasteiger partial charge is 0.197 e. The summed E-state index contributed by atoms with van der Waals surface area (Å²) in [5, 5.41) is 2.52. The second kappa shape index (κ2) is 11.2. The topological polar surface area (TPSA) is 18.5 Å². The van der Waals surface area contributed by atoms with Crippen molar-refractivity contribution in [3.05, 3.63) is 42.0 Å². The van der Waals surface area contributed by atoms with Crippen LogP contribution in [0, 0.1) is 17.8 Å². The number of hydrogen-bond donors (Lipinski definition) is 0. The Morgan fingerprint density at radius 2 is 1.57 bits per heavy atom. The Morgan fingerprint density at radius 1 is 0.867 bits per heavy atom. The van der Waals surface area contributed by atoms with Crippen LogP contribution in [0.4, 0.5) is 0 Å². The summed E-state index contributed by atoms with van der Waals surface area (Å²) in [6.45, 7) is 12.1. The predicted molar refractivity (Wildman–Crippen MR) is 128 cm³/mol. The summed E-state index contributed by atoms with van der Waals surface area (Å²) in [4.78, 5) is 0. The van der Waals surface area contributed by atoms with Crippen molar-refractivity contribution >= 4 is 10.8 Å². The van der Waals surface area contributed by atoms with Gasteiger partial charge in [0, 0.05) is 5.39 Å². The van der Waals surface area contributed by atoms with Crippen LogP contribution in [0.25, 0.3) is 10.8 Å². The van der Waals surface area contributed by atoms with Gasteiger partial charge in [-0.1, -0.05) is 90.1 Å². The fourth-order valence-electron chi connectivity index (χ4n) is 5.09. The van der Waals surface area contributed by atoms with Gasteiger partial charge < -0.3 is 9.47 Å². The van der Waals surface area contributed by atoms with Crippen molar-refractivity contribution in [2.45, 2.75) is 91.8 Å². The van der Waals surface area contributed by atoms with Gasteiger partial charge in [0.25, 0.3) is 0 Å². The predicted octanol–water partition coefficient (Wildman–Crippen LogP) is 8.34. The van der Waals surface area contributed by atoms with Crippen LogP contribution in [-0.2, 0) is 4.74 Å². The second-order valence-corrected chi connectivity index (χ2v) is 10.0. The van der Waals surface area contributed by atoms with E-state index in [1.807, 2.05) is 6.92 Å². The highest BCUT2D eigenvalue weighted by Crippen LogP contribution is 2.38. The van der Waals surface area contributed by atoms with Crippen LogP contribution in [0.5, 0.6) is 5.75 Å². The van der Waals surface area contributed by atoms with Crippen LogP contribution in [0.15, 0.2) is 36.4 Å². The van der Waals surface area contributed by atoms with Crippen molar-refractivity contribution in [1.82, 2.24) is 0 Å². The molecule has 3 rings (SSSR count). The van der Waals surface area contributed by atoms with Crippen molar-refractivity contribution in [3.63, 3.8) is 0 Å². The average molecular weight is 411 g/mol. The molecular formula is C28H42O2. The molecule has 1 saturated carbocycles. The highest BCUT2D eigenvalue weighted by Gasteiger charge is 2.20. The van der Waals surface area contributed by atoms with E-state index >= 15 is 0 Å². The van der Waals surface area contributed by atoms with Crippen LogP contribution in [0.3, 0.4) is 0 Å². The van der Waals surface area contributed by atoms with Gasteiger partial charge in [-0.2, -0.15) is 0 Å². The Kier molecular flexibility index (Phi) is 8.62. The molecule has 166 valence electrons. The lowest BCUT2D eigenvalue weighted by Crippen LogP contribution is -2.19. The summed E-state index contributed by atoms with van der Waals surface area (Å²) < 4.78 is 12.3. The van der Waals surface area contributed by atoms with Crippen LogP contribution < -0.4 is 4.74 Å². The Bertz CT molecular complexity index is 773. The van der Waals surface area contributed by atoms with Gasteiger partial charge in [0.2, 0.25) is 0 Å². The fraction of sp³-hybridized carbons (Fsp3) is 0.643. The quantitative estimate of drug-likeness (QED) is 0.366. The standard InChI is InChI=1S/C28H42O2/c1-20(2)19-27(21(3)4)25-13-9-15-26-24(25)14-10-16-28(26)30-22(5)29-18-17-23-11-7-6-8-12-23/h9-10,13-16,20-23,27H,6-8,11-12,17-19H2,1-5H3. The summed E-state index contributed by atoms with van der Waals surface area (Å²) in [5.74, 6) is 3.65. The maximum Gasteiger partial charge on any atom is 0.197 e. The maximum absolute atomic E-state index is 6.27. The highest BCUT2D eigenvalue weighted by atomic mass is 16.7. The van der Waals surface area contributed by atoms with E-state index in [0.717, 1.165) is 18.3 Å². The lowest BCUT2D eigenvalue weighted by molar-refractivity contribution is -0.0703. The van der Waals surface area contributed by atoms with Gasteiger partial charge in [0.15, 0.2) is 6.29 Å². The normalized spacial score (nSPS) is 17.6. The molecule has 0 heterocycles. The Balaban J connectivity index is 1.70. The summed E-state index contributed by atoms with van der Waals surface area (Å²) in [6.07, 6.45) is 9.10. The highest BCUT2D eigenvalue weighted by molar-refractivity contribution is 5.91. The summed E-state index contributed by atoms with van der Waals surface area (Å²) in [5.41, 5.74) is 1.45. The van der Waals surface area contributed by atoms with Crippen molar-refractivity contribution < 1.29 is 9.47 Å². The maximum atomic E-state index is 6.27. The van der Waals surface area contributed by atoms with Crippen LogP contribution in [-0.4, -0.2) is 12.9 Å². The van der Waals surface area contributed by atoms with Crippen molar-refractivity contribution in [1.29, 1.82) is 0 Å². The molecule has 0 spiro atoms. The summed E-state index contributed by atoms with van der Waals surface area (Å²) in [6, 6.07) is 13.2. The number of hydrogen-bond acceptors (Lipinski definition) is 2. The first kappa shape index (κ1) is 23.1. The zero-order valence-electron chi connectivity index (χ0n) is 19.8. The molecule has 0 bridgehead atoms. The summed E-state index contributed by atoms with van der Waals surface area (Å²) >= 11 is 0. The van der Waals surface area contributed by atoms with Crippen molar-refractivity contribution in [2.75, 3.05) is 6.61 Å². The third-order valence-corrected chi connectivity index (χ3v) is 6.74. The monoisotopic (exact) mass is 410 g/mol. The molecule has 2 aromatic rings. The Labute approximate surface area is 184 Å². The minimum Gasteiger partial charge on any atom is -0.465 e. The first-order chi connectivity index (χ1) is 14.5. The lowest BCUT2D eigenvalue weighted by atomic mass is 9.80. The zero-order valence-corrected chi connectivity index (χ0v) is 19.8. The first-order valence-electron chi connectivity index (χ1n) is 12.3. The number of rotatable bonds is 10. The molecule has 1 fully saturated rings. The van der Waals surface area contributed by atoms with E-state index < -0.39 is 0 Å². The van der Waals surface area contributed by atoms with Crippen molar-refractivity contribution in [3.8, 4) is 5.75 Å². The zero-order chi connectivity index (χ0) is 21.5. The molecule has 0 N–H and O–H groups in total. The van der Waals surface area contributed by atoms with E-state index in [4.69, 9.17) is 9.47 Å². The van der Waals surface area contributed by atoms with E-state index in [9.17, 15) is 0 Å². The van der Waals surface area contributed by atoms with Gasteiger partial charge in [-0.25, -0.2) is 0 Å². The van der Waals surface area contributed by atoms with E-state index in [2.05, 4.69) is 64.1 Å². The van der Waals surface area contributed by atoms with Crippen LogP contribution >= 0.6 is 0 Å². The van der Waals surface area contributed by atoms with E-state index in [1.165, 1.54) is 61.3 Å². The first-order valence-corrected chi connectivity index (χ1v) is 12.3. The third-order valence-electron chi connectivity index (χ3n) is 6.74. The molecule has 0 aliphatic heterocycles. The van der Waals surface area contributed by atoms with Gasteiger partial charge in [-0.3, -0.25) is 0 Å². The lowest BCUT2D eigenvalue weighted by Gasteiger charge is -2.26. The molecule has 2 heteroatoms. The van der Waals surface area contributed by atoms with E-state index in [1.54, 1.807) is 0 Å². The van der Waals surface area contributed by atoms with Gasteiger partial charge in [0.1, 0.15) is 5.75 Å². The molecule has 1 aliphatic carbocycles. The minimum absolute atomic E-state index is 0.223. The largest absolute Gasteiger partial charge is 0.465 e. The summed E-state index contributed by atoms with van der Waals surface area (Å²) in [7, 11) is 0. The molecule has 2 atom stereocenters. The van der Waals surface area contributed by atoms with E-state index in [0.29, 0.717) is 17.8 Å². The molecule has 0 aromatic heterocycles. The van der Waals surface area contributed by atoms with Crippen LogP contribution in [0.2, 0.25) is 0 Å². The van der Waals surface area contributed by atoms with Gasteiger partial charge in [-0.15, -0.1) is 0 Å². The third kappa shape index (κ3) is 6.23. The molecule has 0 radical (unpaired) electrons. The molecule has 0 amide bonds. The molecule has 0 saturated heterocycles. The second-order valence-electron chi connectivity index (χ2n) is 10.0. The number of ether oxygens (including phenoxy) is 2. The number of benzene rings is 2. The molecule has 2 aromatic carbocycles. The minimum atomic E-state index is -0.223.